The van der Waals surface area contributed by atoms with Gasteiger partial charge in [-0.2, -0.15) is 4.98 Å². The zero-order valence-corrected chi connectivity index (χ0v) is 11.4. The van der Waals surface area contributed by atoms with Gasteiger partial charge in [-0.25, -0.2) is 0 Å². The van der Waals surface area contributed by atoms with Crippen molar-refractivity contribution in [3.63, 3.8) is 0 Å². The lowest BCUT2D eigenvalue weighted by Gasteiger charge is -2.11. The lowest BCUT2D eigenvalue weighted by atomic mass is 10.1. The summed E-state index contributed by atoms with van der Waals surface area (Å²) in [5.41, 5.74) is 7.56. The van der Waals surface area contributed by atoms with E-state index < -0.39 is 0 Å². The van der Waals surface area contributed by atoms with E-state index in [9.17, 15) is 4.79 Å². The van der Waals surface area contributed by atoms with Gasteiger partial charge in [0.25, 0.3) is 5.91 Å². The summed E-state index contributed by atoms with van der Waals surface area (Å²) in [7, 11) is 1.59. The highest BCUT2D eigenvalue weighted by Gasteiger charge is 2.10. The van der Waals surface area contributed by atoms with E-state index in [2.05, 4.69) is 20.8 Å². The largest absolute Gasteiger partial charge is 0.399 e. The van der Waals surface area contributed by atoms with E-state index in [0.717, 1.165) is 0 Å². The first-order chi connectivity index (χ1) is 9.60. The van der Waals surface area contributed by atoms with Gasteiger partial charge in [-0.1, -0.05) is 5.16 Å². The number of hydrogen-bond donors (Lipinski definition) is 3. The van der Waals surface area contributed by atoms with E-state index in [4.69, 9.17) is 10.3 Å². The fraction of sp³-hybridized carbons (Fsp3) is 0.308. The van der Waals surface area contributed by atoms with Crippen molar-refractivity contribution in [1.82, 2.24) is 15.5 Å². The maximum Gasteiger partial charge on any atom is 0.253 e. The number of carbonyl (C=O) groups is 1. The molecule has 2 rings (SSSR count). The minimum atomic E-state index is -0.166. The third kappa shape index (κ3) is 3.25. The predicted octanol–water partition coefficient (Wildman–Crippen LogP) is 0.974. The summed E-state index contributed by atoms with van der Waals surface area (Å²) >= 11 is 0. The van der Waals surface area contributed by atoms with Crippen LogP contribution in [0.25, 0.3) is 0 Å². The van der Waals surface area contributed by atoms with Gasteiger partial charge in [0.1, 0.15) is 0 Å². The molecule has 1 heterocycles. The SMILES string of the molecule is CNC(=O)c1ccc(N)cc1NCCc1nc(C)no1. The molecule has 0 saturated heterocycles. The molecule has 0 unspecified atom stereocenters. The van der Waals surface area contributed by atoms with E-state index >= 15 is 0 Å². The zero-order valence-electron chi connectivity index (χ0n) is 11.4. The average molecular weight is 275 g/mol. The van der Waals surface area contributed by atoms with Crippen LogP contribution in [-0.4, -0.2) is 29.6 Å². The molecule has 106 valence electrons. The monoisotopic (exact) mass is 275 g/mol. The molecule has 0 aliphatic heterocycles. The van der Waals surface area contributed by atoms with Crippen LogP contribution in [-0.2, 0) is 6.42 Å². The summed E-state index contributed by atoms with van der Waals surface area (Å²) in [5.74, 6) is 0.997. The number of carbonyl (C=O) groups excluding carboxylic acids is 1. The van der Waals surface area contributed by atoms with Crippen molar-refractivity contribution in [2.75, 3.05) is 24.6 Å². The maximum absolute atomic E-state index is 11.7. The summed E-state index contributed by atoms with van der Waals surface area (Å²) in [6.07, 6.45) is 0.572. The Balaban J connectivity index is 2.04. The third-order valence-corrected chi connectivity index (χ3v) is 2.74. The molecule has 0 radical (unpaired) electrons. The van der Waals surface area contributed by atoms with Crippen molar-refractivity contribution in [2.45, 2.75) is 13.3 Å². The number of aromatic nitrogens is 2. The van der Waals surface area contributed by atoms with Crippen LogP contribution in [0.5, 0.6) is 0 Å². The van der Waals surface area contributed by atoms with Crippen LogP contribution in [0.3, 0.4) is 0 Å². The first-order valence-corrected chi connectivity index (χ1v) is 6.25. The van der Waals surface area contributed by atoms with Crippen molar-refractivity contribution >= 4 is 17.3 Å². The molecule has 7 heteroatoms. The number of amides is 1. The Morgan fingerprint density at radius 3 is 2.90 bits per heavy atom. The van der Waals surface area contributed by atoms with Gasteiger partial charge in [-0.05, 0) is 25.1 Å². The zero-order chi connectivity index (χ0) is 14.5. The lowest BCUT2D eigenvalue weighted by molar-refractivity contribution is 0.0964. The van der Waals surface area contributed by atoms with Gasteiger partial charge in [0.05, 0.1) is 5.56 Å². The molecule has 1 aromatic carbocycles. The summed E-state index contributed by atoms with van der Waals surface area (Å²) in [6.45, 7) is 2.33. The maximum atomic E-state index is 11.7. The molecule has 1 amide bonds. The number of nitrogens with one attached hydrogen (secondary N) is 2. The summed E-state index contributed by atoms with van der Waals surface area (Å²) in [5, 5.41) is 9.47. The van der Waals surface area contributed by atoms with Gasteiger partial charge in [0, 0.05) is 31.4 Å². The van der Waals surface area contributed by atoms with Gasteiger partial charge < -0.3 is 20.9 Å². The molecule has 1 aromatic heterocycles. The summed E-state index contributed by atoms with van der Waals surface area (Å²) < 4.78 is 5.02. The van der Waals surface area contributed by atoms with Crippen molar-refractivity contribution in [3.05, 3.63) is 35.5 Å². The fourth-order valence-corrected chi connectivity index (χ4v) is 1.79. The average Bonchev–Trinajstić information content (AvgIpc) is 2.84. The number of benzene rings is 1. The van der Waals surface area contributed by atoms with Crippen LogP contribution in [0.1, 0.15) is 22.1 Å². The van der Waals surface area contributed by atoms with Gasteiger partial charge in [-0.3, -0.25) is 4.79 Å². The highest BCUT2D eigenvalue weighted by Crippen LogP contribution is 2.19. The first-order valence-electron chi connectivity index (χ1n) is 6.25. The van der Waals surface area contributed by atoms with Gasteiger partial charge >= 0.3 is 0 Å². The second-order valence-electron chi connectivity index (χ2n) is 4.30. The second kappa shape index (κ2) is 6.05. The minimum absolute atomic E-state index is 0.166. The summed E-state index contributed by atoms with van der Waals surface area (Å²) in [4.78, 5) is 15.9. The molecule has 4 N–H and O–H groups in total. The van der Waals surface area contributed by atoms with E-state index in [1.54, 1.807) is 32.2 Å². The van der Waals surface area contributed by atoms with Crippen molar-refractivity contribution < 1.29 is 9.32 Å². The number of nitrogens with two attached hydrogens (primary N) is 1. The summed E-state index contributed by atoms with van der Waals surface area (Å²) in [6, 6.07) is 5.11. The van der Waals surface area contributed by atoms with Crippen molar-refractivity contribution in [2.24, 2.45) is 0 Å². The molecule has 0 saturated carbocycles. The van der Waals surface area contributed by atoms with Crippen LogP contribution >= 0.6 is 0 Å². The quantitative estimate of drug-likeness (QED) is 0.702. The molecule has 0 bridgehead atoms. The third-order valence-electron chi connectivity index (χ3n) is 2.74. The first kappa shape index (κ1) is 13.9. The Kier molecular flexibility index (Phi) is 4.19. The van der Waals surface area contributed by atoms with Crippen molar-refractivity contribution in [1.29, 1.82) is 0 Å². The van der Waals surface area contributed by atoms with E-state index in [1.165, 1.54) is 0 Å². The van der Waals surface area contributed by atoms with Crippen LogP contribution in [0.2, 0.25) is 0 Å². The number of rotatable bonds is 5. The normalized spacial score (nSPS) is 10.3. The molecule has 0 fully saturated rings. The Labute approximate surface area is 116 Å². The van der Waals surface area contributed by atoms with Gasteiger partial charge in [0.2, 0.25) is 5.89 Å². The number of nitrogen functional groups attached to an aromatic ring is 1. The number of nitrogens with zero attached hydrogens (tertiary/aromatic N) is 2. The van der Waals surface area contributed by atoms with E-state index in [0.29, 0.717) is 41.6 Å². The van der Waals surface area contributed by atoms with E-state index in [-0.39, 0.29) is 5.91 Å². The Hall–Kier alpha value is -2.57. The lowest BCUT2D eigenvalue weighted by Crippen LogP contribution is -2.20. The van der Waals surface area contributed by atoms with Crippen LogP contribution in [0.4, 0.5) is 11.4 Å². The molecule has 20 heavy (non-hydrogen) atoms. The molecular formula is C13H17N5O2. The molecular weight excluding hydrogens is 258 g/mol. The van der Waals surface area contributed by atoms with Gasteiger partial charge in [0.15, 0.2) is 5.82 Å². The highest BCUT2D eigenvalue weighted by atomic mass is 16.5. The molecule has 0 atom stereocenters. The van der Waals surface area contributed by atoms with Crippen LogP contribution < -0.4 is 16.4 Å². The molecule has 0 aliphatic rings. The standard InChI is InChI=1S/C13H17N5O2/c1-8-17-12(20-18-8)5-6-16-11-7-9(14)3-4-10(11)13(19)15-2/h3-4,7,16H,5-6,14H2,1-2H3,(H,15,19). The number of hydrogen-bond acceptors (Lipinski definition) is 6. The highest BCUT2D eigenvalue weighted by molar-refractivity contribution is 6.00. The van der Waals surface area contributed by atoms with Crippen molar-refractivity contribution in [3.8, 4) is 0 Å². The van der Waals surface area contributed by atoms with Crippen LogP contribution in [0, 0.1) is 6.92 Å². The van der Waals surface area contributed by atoms with Gasteiger partial charge in [-0.15, -0.1) is 0 Å². The predicted molar refractivity (Wildman–Crippen MR) is 75.5 cm³/mol. The van der Waals surface area contributed by atoms with E-state index in [1.807, 2.05) is 0 Å². The minimum Gasteiger partial charge on any atom is -0.399 e. The van der Waals surface area contributed by atoms with Crippen LogP contribution in [0.15, 0.2) is 22.7 Å². The Morgan fingerprint density at radius 2 is 2.25 bits per heavy atom. The Morgan fingerprint density at radius 1 is 1.45 bits per heavy atom. The molecule has 2 aromatic rings. The second-order valence-corrected chi connectivity index (χ2v) is 4.30. The number of aryl methyl sites for hydroxylation is 1. The molecule has 0 aliphatic carbocycles. The number of anilines is 2. The fourth-order valence-electron chi connectivity index (χ4n) is 1.79. The molecule has 0 spiro atoms. The smallest absolute Gasteiger partial charge is 0.253 e. The topological polar surface area (TPSA) is 106 Å². The Bertz CT molecular complexity index is 609. The molecule has 7 nitrogen and oxygen atoms in total.